The number of aryl methyl sites for hydroxylation is 1. The van der Waals surface area contributed by atoms with Crippen molar-refractivity contribution in [2.75, 3.05) is 11.1 Å². The zero-order valence-electron chi connectivity index (χ0n) is 10.9. The quantitative estimate of drug-likeness (QED) is 0.892. The Labute approximate surface area is 130 Å². The largest absolute Gasteiger partial charge is 0.310 e. The van der Waals surface area contributed by atoms with Crippen molar-refractivity contribution in [1.29, 1.82) is 0 Å². The first-order valence-electron chi connectivity index (χ1n) is 6.30. The van der Waals surface area contributed by atoms with Crippen LogP contribution in [0.2, 0.25) is 0 Å². The summed E-state index contributed by atoms with van der Waals surface area (Å²) in [6.45, 7) is 1.97. The van der Waals surface area contributed by atoms with Gasteiger partial charge in [-0.1, -0.05) is 18.2 Å². The van der Waals surface area contributed by atoms with Gasteiger partial charge in [0, 0.05) is 21.3 Å². The van der Waals surface area contributed by atoms with Crippen molar-refractivity contribution in [1.82, 2.24) is 4.98 Å². The van der Waals surface area contributed by atoms with Gasteiger partial charge in [0.25, 0.3) is 0 Å². The lowest BCUT2D eigenvalue weighted by Gasteiger charge is -2.11. The van der Waals surface area contributed by atoms with Gasteiger partial charge in [-0.05, 0) is 46.1 Å². The monoisotopic (exact) mass is 348 g/mol. The van der Waals surface area contributed by atoms with E-state index in [4.69, 9.17) is 0 Å². The molecular weight excluding hydrogens is 336 g/mol. The summed E-state index contributed by atoms with van der Waals surface area (Å²) in [6.07, 6.45) is 1.71. The maximum atomic E-state index is 12.4. The molecular formula is C15H13BrN2OS. The van der Waals surface area contributed by atoms with E-state index in [-0.39, 0.29) is 11.8 Å². The van der Waals surface area contributed by atoms with E-state index in [9.17, 15) is 4.79 Å². The van der Waals surface area contributed by atoms with Crippen LogP contribution < -0.4 is 5.32 Å². The van der Waals surface area contributed by atoms with Crippen molar-refractivity contribution < 1.29 is 4.79 Å². The van der Waals surface area contributed by atoms with E-state index < -0.39 is 0 Å². The van der Waals surface area contributed by atoms with E-state index in [1.54, 1.807) is 18.0 Å². The van der Waals surface area contributed by atoms with Crippen LogP contribution in [0.3, 0.4) is 0 Å². The smallest absolute Gasteiger partial charge is 0.233 e. The van der Waals surface area contributed by atoms with Crippen molar-refractivity contribution in [2.45, 2.75) is 17.7 Å². The van der Waals surface area contributed by atoms with Gasteiger partial charge < -0.3 is 5.32 Å². The molecule has 1 aromatic heterocycles. The summed E-state index contributed by atoms with van der Waals surface area (Å²) in [5.41, 5.74) is 2.17. The molecule has 0 fully saturated rings. The third-order valence-electron chi connectivity index (χ3n) is 3.31. The van der Waals surface area contributed by atoms with Gasteiger partial charge in [-0.15, -0.1) is 11.8 Å². The lowest BCUT2D eigenvalue weighted by molar-refractivity contribution is -0.117. The van der Waals surface area contributed by atoms with E-state index >= 15 is 0 Å². The fourth-order valence-electron chi connectivity index (χ4n) is 2.20. The highest BCUT2D eigenvalue weighted by atomic mass is 79.9. The summed E-state index contributed by atoms with van der Waals surface area (Å²) < 4.78 is 0.942. The second-order valence-corrected chi connectivity index (χ2v) is 6.63. The third kappa shape index (κ3) is 2.60. The number of amides is 1. The summed E-state index contributed by atoms with van der Waals surface area (Å²) in [7, 11) is 0. The van der Waals surface area contributed by atoms with E-state index in [0.717, 1.165) is 21.4 Å². The van der Waals surface area contributed by atoms with E-state index in [2.05, 4.69) is 32.3 Å². The van der Waals surface area contributed by atoms with Gasteiger partial charge >= 0.3 is 0 Å². The van der Waals surface area contributed by atoms with Crippen LogP contribution in [-0.4, -0.2) is 16.6 Å². The summed E-state index contributed by atoms with van der Waals surface area (Å²) in [4.78, 5) is 17.8. The molecule has 0 saturated heterocycles. The van der Waals surface area contributed by atoms with Crippen molar-refractivity contribution in [3.63, 3.8) is 0 Å². The Kier molecular flexibility index (Phi) is 3.81. The zero-order chi connectivity index (χ0) is 14.1. The predicted molar refractivity (Wildman–Crippen MR) is 85.2 cm³/mol. The number of hydrogen-bond donors (Lipinski definition) is 1. The van der Waals surface area contributed by atoms with Gasteiger partial charge in [-0.3, -0.25) is 4.79 Å². The molecule has 20 heavy (non-hydrogen) atoms. The highest BCUT2D eigenvalue weighted by Crippen LogP contribution is 2.39. The minimum atomic E-state index is -0.0954. The number of nitrogens with zero attached hydrogens (tertiary/aromatic N) is 1. The molecule has 1 amide bonds. The molecule has 3 nitrogen and oxygen atoms in total. The maximum absolute atomic E-state index is 12.4. The molecule has 1 aromatic carbocycles. The molecule has 3 rings (SSSR count). The van der Waals surface area contributed by atoms with Crippen LogP contribution in [0.25, 0.3) is 0 Å². The Morgan fingerprint density at radius 1 is 1.45 bits per heavy atom. The molecule has 1 aliphatic rings. The molecule has 1 unspecified atom stereocenters. The molecule has 1 aliphatic heterocycles. The number of anilines is 1. The minimum Gasteiger partial charge on any atom is -0.310 e. The number of aromatic nitrogens is 1. The number of thioether (sulfide) groups is 1. The average molecular weight is 349 g/mol. The molecule has 1 atom stereocenters. The molecule has 5 heteroatoms. The van der Waals surface area contributed by atoms with Crippen LogP contribution in [0.15, 0.2) is 45.9 Å². The lowest BCUT2D eigenvalue weighted by atomic mass is 10.0. The number of halogens is 1. The lowest BCUT2D eigenvalue weighted by Crippen LogP contribution is -2.21. The second-order valence-electron chi connectivity index (χ2n) is 4.71. The van der Waals surface area contributed by atoms with Crippen LogP contribution in [0.4, 0.5) is 5.82 Å². The number of hydrogen-bond acceptors (Lipinski definition) is 3. The molecule has 0 spiro atoms. The highest BCUT2D eigenvalue weighted by Gasteiger charge is 2.29. The molecule has 0 aliphatic carbocycles. The first-order valence-corrected chi connectivity index (χ1v) is 8.08. The molecule has 2 aromatic rings. The number of carbonyl (C=O) groups is 1. The number of rotatable bonds is 2. The zero-order valence-corrected chi connectivity index (χ0v) is 13.3. The van der Waals surface area contributed by atoms with Gasteiger partial charge in [-0.25, -0.2) is 4.98 Å². The number of carbonyl (C=O) groups excluding carboxylic acids is 1. The van der Waals surface area contributed by atoms with E-state index in [0.29, 0.717) is 5.82 Å². The topological polar surface area (TPSA) is 42.0 Å². The Hall–Kier alpha value is -1.33. The van der Waals surface area contributed by atoms with Gasteiger partial charge in [0.2, 0.25) is 5.91 Å². The van der Waals surface area contributed by atoms with Crippen LogP contribution in [0.5, 0.6) is 0 Å². The minimum absolute atomic E-state index is 0.0108. The summed E-state index contributed by atoms with van der Waals surface area (Å²) in [5.74, 6) is 1.31. The fourth-order valence-corrected chi connectivity index (χ4v) is 3.65. The Balaban J connectivity index is 1.79. The van der Waals surface area contributed by atoms with Crippen LogP contribution in [-0.2, 0) is 4.79 Å². The van der Waals surface area contributed by atoms with Crippen LogP contribution in [0, 0.1) is 6.92 Å². The SMILES string of the molecule is Cc1cc(NC(=O)C2CSc3ccccc32)ncc1Br. The molecule has 0 bridgehead atoms. The normalized spacial score (nSPS) is 16.8. The van der Waals surface area contributed by atoms with Gasteiger partial charge in [0.1, 0.15) is 5.82 Å². The predicted octanol–water partition coefficient (Wildman–Crippen LogP) is 3.98. The first-order chi connectivity index (χ1) is 9.65. The highest BCUT2D eigenvalue weighted by molar-refractivity contribution is 9.10. The molecule has 0 saturated carbocycles. The van der Waals surface area contributed by atoms with Crippen molar-refractivity contribution in [2.24, 2.45) is 0 Å². The van der Waals surface area contributed by atoms with Gasteiger partial charge in [0.05, 0.1) is 5.92 Å². The summed E-state index contributed by atoms with van der Waals surface area (Å²) >= 11 is 5.14. The van der Waals surface area contributed by atoms with Crippen molar-refractivity contribution >= 4 is 39.4 Å². The Morgan fingerprint density at radius 3 is 3.05 bits per heavy atom. The summed E-state index contributed by atoms with van der Waals surface area (Å²) in [6, 6.07) is 9.95. The fraction of sp³-hybridized carbons (Fsp3) is 0.200. The third-order valence-corrected chi connectivity index (χ3v) is 5.33. The molecule has 1 N–H and O–H groups in total. The van der Waals surface area contributed by atoms with Crippen molar-refractivity contribution in [3.8, 4) is 0 Å². The van der Waals surface area contributed by atoms with Gasteiger partial charge in [0.15, 0.2) is 0 Å². The number of nitrogens with one attached hydrogen (secondary N) is 1. The summed E-state index contributed by atoms with van der Waals surface area (Å²) in [5, 5.41) is 2.91. The Bertz CT molecular complexity index is 675. The standard InChI is InChI=1S/C15H13BrN2OS/c1-9-6-14(17-7-12(9)16)18-15(19)11-8-20-13-5-3-2-4-10(11)13/h2-7,11H,8H2,1H3,(H,17,18,19). The number of fused-ring (bicyclic) bond motifs is 1. The van der Waals surface area contributed by atoms with E-state index in [1.165, 1.54) is 4.90 Å². The first kappa shape index (κ1) is 13.6. The molecule has 2 heterocycles. The number of benzene rings is 1. The molecule has 102 valence electrons. The Morgan fingerprint density at radius 2 is 2.25 bits per heavy atom. The van der Waals surface area contributed by atoms with Crippen LogP contribution in [0.1, 0.15) is 17.0 Å². The molecule has 0 radical (unpaired) electrons. The second kappa shape index (κ2) is 5.58. The average Bonchev–Trinajstić information content (AvgIpc) is 2.87. The number of pyridine rings is 1. The maximum Gasteiger partial charge on any atom is 0.233 e. The van der Waals surface area contributed by atoms with E-state index in [1.807, 2.05) is 31.2 Å². The van der Waals surface area contributed by atoms with Gasteiger partial charge in [-0.2, -0.15) is 0 Å². The van der Waals surface area contributed by atoms with Crippen molar-refractivity contribution in [3.05, 3.63) is 52.1 Å². The van der Waals surface area contributed by atoms with Crippen LogP contribution >= 0.6 is 27.7 Å².